The molecule has 0 saturated heterocycles. The minimum atomic E-state index is -0.353. The van der Waals surface area contributed by atoms with Crippen LogP contribution in [0.5, 0.6) is 0 Å². The van der Waals surface area contributed by atoms with Crippen molar-refractivity contribution in [2.75, 3.05) is 18.1 Å². The van der Waals surface area contributed by atoms with Gasteiger partial charge in [0.2, 0.25) is 0 Å². The van der Waals surface area contributed by atoms with Crippen molar-refractivity contribution in [1.82, 2.24) is 4.98 Å². The van der Waals surface area contributed by atoms with Gasteiger partial charge in [-0.05, 0) is 26.0 Å². The first-order valence-electron chi connectivity index (χ1n) is 4.65. The summed E-state index contributed by atoms with van der Waals surface area (Å²) in [5.41, 5.74) is 0. The monoisotopic (exact) mass is 194 g/mol. The highest BCUT2D eigenvalue weighted by molar-refractivity contribution is 5.86. The van der Waals surface area contributed by atoms with Crippen LogP contribution in [0.1, 0.15) is 13.8 Å². The summed E-state index contributed by atoms with van der Waals surface area (Å²) in [4.78, 5) is 17.0. The molecule has 0 bridgehead atoms. The molecule has 1 aromatic heterocycles. The Morgan fingerprint density at radius 1 is 1.50 bits per heavy atom. The van der Waals surface area contributed by atoms with E-state index < -0.39 is 0 Å². The molecule has 0 spiro atoms. The summed E-state index contributed by atoms with van der Waals surface area (Å²) < 4.78 is 4.90. The molecule has 1 heterocycles. The normalized spacial score (nSPS) is 9.57. The lowest BCUT2D eigenvalue weighted by Crippen LogP contribution is -2.31. The molecule has 14 heavy (non-hydrogen) atoms. The van der Waals surface area contributed by atoms with E-state index in [-0.39, 0.29) is 6.09 Å². The van der Waals surface area contributed by atoms with Gasteiger partial charge in [-0.2, -0.15) is 0 Å². The molecule has 1 amide bonds. The van der Waals surface area contributed by atoms with E-state index in [1.165, 1.54) is 4.90 Å². The van der Waals surface area contributed by atoms with Crippen LogP contribution in [0.15, 0.2) is 24.4 Å². The Bertz CT molecular complexity index is 287. The molecule has 0 aliphatic rings. The van der Waals surface area contributed by atoms with Gasteiger partial charge in [-0.25, -0.2) is 9.78 Å². The summed E-state index contributed by atoms with van der Waals surface area (Å²) in [7, 11) is 0. The maximum absolute atomic E-state index is 11.4. The predicted molar refractivity (Wildman–Crippen MR) is 54.3 cm³/mol. The van der Waals surface area contributed by atoms with Crippen molar-refractivity contribution in [2.45, 2.75) is 13.8 Å². The third-order valence-electron chi connectivity index (χ3n) is 1.73. The van der Waals surface area contributed by atoms with Crippen molar-refractivity contribution >= 4 is 11.9 Å². The second-order valence-electron chi connectivity index (χ2n) is 2.63. The van der Waals surface area contributed by atoms with E-state index in [1.807, 2.05) is 19.1 Å². The number of carbonyl (C=O) groups excluding carboxylic acids is 1. The summed E-state index contributed by atoms with van der Waals surface area (Å²) in [6.45, 7) is 4.59. The third kappa shape index (κ3) is 2.45. The number of carbonyl (C=O) groups is 1. The topological polar surface area (TPSA) is 42.4 Å². The van der Waals surface area contributed by atoms with Gasteiger partial charge >= 0.3 is 6.09 Å². The second kappa shape index (κ2) is 5.21. The SMILES string of the molecule is CCOC(=O)N(CC)c1ccccn1. The Hall–Kier alpha value is -1.58. The van der Waals surface area contributed by atoms with E-state index >= 15 is 0 Å². The smallest absolute Gasteiger partial charge is 0.415 e. The third-order valence-corrected chi connectivity index (χ3v) is 1.73. The number of nitrogens with zero attached hydrogens (tertiary/aromatic N) is 2. The Morgan fingerprint density at radius 3 is 2.79 bits per heavy atom. The van der Waals surface area contributed by atoms with Crippen LogP contribution in [0.25, 0.3) is 0 Å². The maximum Gasteiger partial charge on any atom is 0.415 e. The van der Waals surface area contributed by atoms with Crippen LogP contribution in [0.2, 0.25) is 0 Å². The lowest BCUT2D eigenvalue weighted by molar-refractivity contribution is 0.160. The van der Waals surface area contributed by atoms with E-state index in [0.29, 0.717) is 19.0 Å². The lowest BCUT2D eigenvalue weighted by Gasteiger charge is -2.18. The molecule has 0 aliphatic heterocycles. The molecule has 1 rings (SSSR count). The largest absolute Gasteiger partial charge is 0.449 e. The highest BCUT2D eigenvalue weighted by Crippen LogP contribution is 2.09. The van der Waals surface area contributed by atoms with E-state index in [0.717, 1.165) is 0 Å². The fraction of sp³-hybridized carbons (Fsp3) is 0.400. The zero-order chi connectivity index (χ0) is 10.4. The Balaban J connectivity index is 2.77. The number of anilines is 1. The fourth-order valence-corrected chi connectivity index (χ4v) is 1.10. The van der Waals surface area contributed by atoms with Crippen molar-refractivity contribution in [2.24, 2.45) is 0 Å². The summed E-state index contributed by atoms with van der Waals surface area (Å²) in [6, 6.07) is 5.42. The van der Waals surface area contributed by atoms with Gasteiger partial charge in [-0.3, -0.25) is 4.90 Å². The molecule has 0 aliphatic carbocycles. The molecule has 0 atom stereocenters. The standard InChI is InChI=1S/C10H14N2O2/c1-3-12(10(13)14-4-2)9-7-5-6-8-11-9/h5-8H,3-4H2,1-2H3. The molecule has 0 aromatic carbocycles. The quantitative estimate of drug-likeness (QED) is 0.739. The van der Waals surface area contributed by atoms with Gasteiger partial charge in [0.15, 0.2) is 0 Å². The van der Waals surface area contributed by atoms with Crippen LogP contribution in [0, 0.1) is 0 Å². The number of rotatable bonds is 3. The number of ether oxygens (including phenoxy) is 1. The minimum absolute atomic E-state index is 0.353. The van der Waals surface area contributed by atoms with Crippen LogP contribution >= 0.6 is 0 Å². The zero-order valence-corrected chi connectivity index (χ0v) is 8.43. The molecular weight excluding hydrogens is 180 g/mol. The van der Waals surface area contributed by atoms with Crippen LogP contribution in [-0.2, 0) is 4.74 Å². The van der Waals surface area contributed by atoms with Gasteiger partial charge in [0.05, 0.1) is 6.61 Å². The molecular formula is C10H14N2O2. The number of hydrogen-bond donors (Lipinski definition) is 0. The van der Waals surface area contributed by atoms with Crippen molar-refractivity contribution in [3.8, 4) is 0 Å². The Kier molecular flexibility index (Phi) is 3.91. The highest BCUT2D eigenvalue weighted by atomic mass is 16.6. The second-order valence-corrected chi connectivity index (χ2v) is 2.63. The first-order valence-corrected chi connectivity index (χ1v) is 4.65. The van der Waals surface area contributed by atoms with Crippen molar-refractivity contribution in [1.29, 1.82) is 0 Å². The number of pyridine rings is 1. The molecule has 76 valence electrons. The molecule has 0 N–H and O–H groups in total. The maximum atomic E-state index is 11.4. The molecule has 0 radical (unpaired) electrons. The van der Waals surface area contributed by atoms with Gasteiger partial charge in [-0.15, -0.1) is 0 Å². The predicted octanol–water partition coefficient (Wildman–Crippen LogP) is 2.06. The van der Waals surface area contributed by atoms with Crippen molar-refractivity contribution < 1.29 is 9.53 Å². The number of amides is 1. The first kappa shape index (κ1) is 10.5. The van der Waals surface area contributed by atoms with E-state index in [9.17, 15) is 4.79 Å². The van der Waals surface area contributed by atoms with Gasteiger partial charge in [-0.1, -0.05) is 6.07 Å². The van der Waals surface area contributed by atoms with Gasteiger partial charge < -0.3 is 4.74 Å². The zero-order valence-electron chi connectivity index (χ0n) is 8.43. The summed E-state index contributed by atoms with van der Waals surface area (Å²) in [6.07, 6.45) is 1.30. The summed E-state index contributed by atoms with van der Waals surface area (Å²) >= 11 is 0. The van der Waals surface area contributed by atoms with Crippen LogP contribution in [-0.4, -0.2) is 24.2 Å². The van der Waals surface area contributed by atoms with Crippen molar-refractivity contribution in [3.63, 3.8) is 0 Å². The molecule has 4 nitrogen and oxygen atoms in total. The summed E-state index contributed by atoms with van der Waals surface area (Å²) in [5, 5.41) is 0. The van der Waals surface area contributed by atoms with Crippen LogP contribution in [0.3, 0.4) is 0 Å². The average molecular weight is 194 g/mol. The van der Waals surface area contributed by atoms with Gasteiger partial charge in [0.25, 0.3) is 0 Å². The molecule has 0 saturated carbocycles. The number of hydrogen-bond acceptors (Lipinski definition) is 3. The minimum Gasteiger partial charge on any atom is -0.449 e. The lowest BCUT2D eigenvalue weighted by atomic mass is 10.4. The molecule has 0 fully saturated rings. The molecule has 0 unspecified atom stereocenters. The van der Waals surface area contributed by atoms with Crippen LogP contribution in [0.4, 0.5) is 10.6 Å². The van der Waals surface area contributed by atoms with Crippen molar-refractivity contribution in [3.05, 3.63) is 24.4 Å². The van der Waals surface area contributed by atoms with Crippen LogP contribution < -0.4 is 4.90 Å². The highest BCUT2D eigenvalue weighted by Gasteiger charge is 2.14. The summed E-state index contributed by atoms with van der Waals surface area (Å²) in [5.74, 6) is 0.619. The van der Waals surface area contributed by atoms with E-state index in [4.69, 9.17) is 4.74 Å². The average Bonchev–Trinajstić information content (AvgIpc) is 2.21. The Labute approximate surface area is 83.5 Å². The fourth-order valence-electron chi connectivity index (χ4n) is 1.10. The number of aromatic nitrogens is 1. The Morgan fingerprint density at radius 2 is 2.29 bits per heavy atom. The molecule has 1 aromatic rings. The van der Waals surface area contributed by atoms with E-state index in [2.05, 4.69) is 4.98 Å². The molecule has 4 heteroatoms. The van der Waals surface area contributed by atoms with Gasteiger partial charge in [0, 0.05) is 12.7 Å². The van der Waals surface area contributed by atoms with Gasteiger partial charge in [0.1, 0.15) is 5.82 Å². The van der Waals surface area contributed by atoms with E-state index in [1.54, 1.807) is 19.2 Å². The first-order chi connectivity index (χ1) is 6.79.